The maximum absolute atomic E-state index is 14.2. The van der Waals surface area contributed by atoms with E-state index in [0.717, 1.165) is 6.07 Å². The molecule has 2 unspecified atom stereocenters. The monoisotopic (exact) mass is 627 g/mol. The van der Waals surface area contributed by atoms with Crippen LogP contribution in [0.1, 0.15) is 24.8 Å². The first kappa shape index (κ1) is 30.6. The number of ether oxygens (including phenoxy) is 4. The van der Waals surface area contributed by atoms with E-state index in [9.17, 15) is 22.5 Å². The topological polar surface area (TPSA) is 162 Å². The highest BCUT2D eigenvalue weighted by atomic mass is 31.2. The van der Waals surface area contributed by atoms with E-state index in [1.54, 1.807) is 0 Å². The minimum Gasteiger partial charge on any atom is -0.494 e. The van der Waals surface area contributed by atoms with Crippen LogP contribution in [0.15, 0.2) is 53.4 Å². The summed E-state index contributed by atoms with van der Waals surface area (Å²) < 4.78 is 89.9. The molecule has 5 rings (SSSR count). The van der Waals surface area contributed by atoms with E-state index >= 15 is 0 Å². The first-order valence-corrected chi connectivity index (χ1v) is 14.8. The number of aromatic amines is 1. The third kappa shape index (κ3) is 7.21. The molecule has 1 aliphatic carbocycles. The molecule has 2 atom stereocenters. The number of halogens is 3. The molecule has 17 heteroatoms. The predicted octanol–water partition coefficient (Wildman–Crippen LogP) is 4.42. The predicted molar refractivity (Wildman–Crippen MR) is 145 cm³/mol. The molecule has 0 bridgehead atoms. The van der Waals surface area contributed by atoms with E-state index in [1.807, 2.05) is 0 Å². The molecule has 3 N–H and O–H groups in total. The van der Waals surface area contributed by atoms with Crippen LogP contribution in [0.25, 0.3) is 11.2 Å². The smallest absolute Gasteiger partial charge is 0.356 e. The number of nitrogen functional groups attached to an aromatic ring is 1. The number of methoxy groups -OCH3 is 1. The van der Waals surface area contributed by atoms with E-state index in [1.165, 1.54) is 30.1 Å². The van der Waals surface area contributed by atoms with Crippen LogP contribution < -0.4 is 16.0 Å². The van der Waals surface area contributed by atoms with Crippen molar-refractivity contribution in [3.63, 3.8) is 0 Å². The second-order valence-corrected chi connectivity index (χ2v) is 11.9. The van der Waals surface area contributed by atoms with Gasteiger partial charge in [-0.15, -0.1) is 0 Å². The lowest BCUT2D eigenvalue weighted by Crippen LogP contribution is -2.14. The number of aromatic nitrogens is 4. The summed E-state index contributed by atoms with van der Waals surface area (Å²) in [5.41, 5.74) is 5.78. The van der Waals surface area contributed by atoms with Crippen LogP contribution in [-0.2, 0) is 41.0 Å². The van der Waals surface area contributed by atoms with Gasteiger partial charge < -0.3 is 33.8 Å². The van der Waals surface area contributed by atoms with Crippen molar-refractivity contribution >= 4 is 24.7 Å². The van der Waals surface area contributed by atoms with Crippen molar-refractivity contribution in [2.24, 2.45) is 5.92 Å². The number of H-pyrrole nitrogens is 1. The summed E-state index contributed by atoms with van der Waals surface area (Å²) in [4.78, 5) is 22.5. The van der Waals surface area contributed by atoms with Crippen LogP contribution in [0.5, 0.6) is 5.75 Å². The third-order valence-corrected chi connectivity index (χ3v) is 8.31. The second kappa shape index (κ2) is 12.4. The van der Waals surface area contributed by atoms with Gasteiger partial charge in [0.25, 0.3) is 11.5 Å². The molecular formula is C26H29F3N5O8P. The number of nitrogens with two attached hydrogens (primary N) is 1. The van der Waals surface area contributed by atoms with Gasteiger partial charge in [0, 0.05) is 25.3 Å². The Morgan fingerprint density at radius 3 is 2.79 bits per heavy atom. The summed E-state index contributed by atoms with van der Waals surface area (Å²) in [6.45, 7) is 2.93. The SMILES string of the molecule is C=C1OC(COP(=O)(COCCn2cnc3c(=O)[nH]c(N)nc32)OCc2ccc(OC)c(F)c2)=C(C2CCC(F)(F)C2)O1. The lowest BCUT2D eigenvalue weighted by molar-refractivity contribution is 0.00452. The first-order valence-electron chi connectivity index (χ1n) is 13.1. The molecule has 0 spiro atoms. The molecule has 3 aromatic rings. The van der Waals surface area contributed by atoms with Gasteiger partial charge >= 0.3 is 7.60 Å². The lowest BCUT2D eigenvalue weighted by atomic mass is 10.0. The number of rotatable bonds is 13. The molecule has 1 fully saturated rings. The fourth-order valence-electron chi connectivity index (χ4n) is 4.69. The summed E-state index contributed by atoms with van der Waals surface area (Å²) in [5, 5.41) is 0. The number of imidazole rings is 1. The highest BCUT2D eigenvalue weighted by Gasteiger charge is 2.44. The van der Waals surface area contributed by atoms with Gasteiger partial charge in [0.05, 0.1) is 26.7 Å². The normalized spacial score (nSPS) is 19.4. The molecule has 3 heterocycles. The number of benzene rings is 1. The fourth-order valence-corrected chi connectivity index (χ4v) is 5.92. The Bertz CT molecular complexity index is 1660. The summed E-state index contributed by atoms with van der Waals surface area (Å²) in [6, 6.07) is 4.07. The number of alkyl halides is 2. The summed E-state index contributed by atoms with van der Waals surface area (Å²) in [6.07, 6.45) is 0.267. The minimum atomic E-state index is -4.08. The zero-order chi connectivity index (χ0) is 30.8. The van der Waals surface area contributed by atoms with E-state index in [0.29, 0.717) is 5.56 Å². The fraction of sp³-hybridized carbons (Fsp3) is 0.423. The number of hydrogen-bond donors (Lipinski definition) is 2. The Labute approximate surface area is 242 Å². The molecule has 43 heavy (non-hydrogen) atoms. The van der Waals surface area contributed by atoms with Crippen LogP contribution in [0, 0.1) is 11.7 Å². The van der Waals surface area contributed by atoms with Crippen molar-refractivity contribution in [1.29, 1.82) is 0 Å². The highest BCUT2D eigenvalue weighted by molar-refractivity contribution is 7.53. The Balaban J connectivity index is 1.28. The Hall–Kier alpha value is -3.85. The van der Waals surface area contributed by atoms with Crippen molar-refractivity contribution < 1.29 is 45.7 Å². The maximum Gasteiger partial charge on any atom is 0.356 e. The van der Waals surface area contributed by atoms with Gasteiger partial charge in [-0.25, -0.2) is 18.2 Å². The maximum atomic E-state index is 14.2. The van der Waals surface area contributed by atoms with Crippen molar-refractivity contribution in [2.75, 3.05) is 32.4 Å². The quantitative estimate of drug-likeness (QED) is 0.204. The molecule has 13 nitrogen and oxygen atoms in total. The van der Waals surface area contributed by atoms with Crippen molar-refractivity contribution in [2.45, 2.75) is 38.3 Å². The zero-order valence-electron chi connectivity index (χ0n) is 23.0. The van der Waals surface area contributed by atoms with E-state index < -0.39 is 50.2 Å². The number of nitrogens with one attached hydrogen (secondary N) is 1. The molecule has 0 radical (unpaired) electrons. The Morgan fingerprint density at radius 2 is 2.07 bits per heavy atom. The molecule has 1 saturated carbocycles. The molecule has 232 valence electrons. The van der Waals surface area contributed by atoms with Crippen molar-refractivity contribution in [3.05, 3.63) is 70.3 Å². The third-order valence-electron chi connectivity index (χ3n) is 6.77. The van der Waals surface area contributed by atoms with Crippen LogP contribution in [0.3, 0.4) is 0 Å². The molecule has 1 aliphatic heterocycles. The highest BCUT2D eigenvalue weighted by Crippen LogP contribution is 2.51. The standard InChI is InChI=1S/C26H29F3N5O8P/c1-15-41-20(22(42-15)17-5-6-26(28,29)10-17)12-40-43(36,39-11-16-3-4-19(37-2)18(27)9-16)14-38-8-7-34-13-31-21-23(34)32-25(30)33-24(21)35/h3-4,9,13,17H,1,5-8,10-12,14H2,2H3,(H3,30,32,33,35). The van der Waals surface area contributed by atoms with Crippen LogP contribution in [0.4, 0.5) is 19.1 Å². The van der Waals surface area contributed by atoms with E-state index in [-0.39, 0.29) is 72.9 Å². The van der Waals surface area contributed by atoms with Gasteiger partial charge in [-0.3, -0.25) is 18.9 Å². The minimum absolute atomic E-state index is 0.0207. The van der Waals surface area contributed by atoms with Crippen LogP contribution >= 0.6 is 7.60 Å². The van der Waals surface area contributed by atoms with Gasteiger partial charge in [0.2, 0.25) is 11.9 Å². The summed E-state index contributed by atoms with van der Waals surface area (Å²) in [5.74, 6) is -4.12. The number of nitrogens with zero attached hydrogens (tertiary/aromatic N) is 3. The summed E-state index contributed by atoms with van der Waals surface area (Å²) in [7, 11) is -2.76. The first-order chi connectivity index (χ1) is 20.4. The lowest BCUT2D eigenvalue weighted by Gasteiger charge is -2.19. The average molecular weight is 628 g/mol. The van der Waals surface area contributed by atoms with Gasteiger partial charge in [-0.1, -0.05) is 6.07 Å². The van der Waals surface area contributed by atoms with E-state index in [2.05, 4.69) is 21.5 Å². The molecule has 0 saturated heterocycles. The number of anilines is 1. The van der Waals surface area contributed by atoms with Gasteiger partial charge in [-0.2, -0.15) is 4.98 Å². The zero-order valence-corrected chi connectivity index (χ0v) is 23.9. The molecule has 2 aromatic heterocycles. The van der Waals surface area contributed by atoms with Gasteiger partial charge in [-0.05, 0) is 30.7 Å². The number of allylic oxidation sites excluding steroid dienone is 1. The molecule has 2 aliphatic rings. The Kier molecular flexibility index (Phi) is 8.83. The van der Waals surface area contributed by atoms with Gasteiger partial charge in [0.15, 0.2) is 34.2 Å². The Morgan fingerprint density at radius 1 is 1.28 bits per heavy atom. The van der Waals surface area contributed by atoms with Crippen LogP contribution in [0.2, 0.25) is 0 Å². The van der Waals surface area contributed by atoms with Crippen molar-refractivity contribution in [1.82, 2.24) is 19.5 Å². The number of fused-ring (bicyclic) bond motifs is 1. The van der Waals surface area contributed by atoms with Gasteiger partial charge in [0.1, 0.15) is 13.0 Å². The number of hydrogen-bond acceptors (Lipinski definition) is 11. The molecule has 1 aromatic carbocycles. The van der Waals surface area contributed by atoms with E-state index in [4.69, 9.17) is 33.7 Å². The molecule has 0 amide bonds. The molecular weight excluding hydrogens is 598 g/mol. The van der Waals surface area contributed by atoms with Crippen molar-refractivity contribution in [3.8, 4) is 5.75 Å². The summed E-state index contributed by atoms with van der Waals surface area (Å²) >= 11 is 0. The van der Waals surface area contributed by atoms with Crippen LogP contribution in [-0.4, -0.2) is 52.1 Å². The largest absolute Gasteiger partial charge is 0.494 e. The second-order valence-electron chi connectivity index (χ2n) is 9.88. The average Bonchev–Trinajstić information content (AvgIpc) is 3.65.